The van der Waals surface area contributed by atoms with Crippen LogP contribution in [0.4, 0.5) is 5.69 Å². The van der Waals surface area contributed by atoms with Crippen molar-refractivity contribution < 1.29 is 4.79 Å². The van der Waals surface area contributed by atoms with Crippen LogP contribution in [0.5, 0.6) is 0 Å². The largest absolute Gasteiger partial charge is 0.395 e. The lowest BCUT2D eigenvalue weighted by atomic mass is 9.94. The van der Waals surface area contributed by atoms with Gasteiger partial charge in [0.05, 0.1) is 11.4 Å². The molecule has 0 aliphatic carbocycles. The Morgan fingerprint density at radius 1 is 1.61 bits per heavy atom. The number of nitrogen functional groups attached to an aromatic ring is 1. The predicted octanol–water partition coefficient (Wildman–Crippen LogP) is 0.370. The number of amides is 1. The number of aromatic amines is 1. The Morgan fingerprint density at radius 2 is 2.33 bits per heavy atom. The molecule has 2 atom stereocenters. The number of nitrogens with two attached hydrogens (primary N) is 1. The average Bonchev–Trinajstić information content (AvgIpc) is 2.64. The average molecular weight is 251 g/mol. The van der Waals surface area contributed by atoms with Crippen LogP contribution < -0.4 is 11.1 Å². The summed E-state index contributed by atoms with van der Waals surface area (Å²) < 4.78 is 0. The number of aryl methyl sites for hydroxylation is 1. The van der Waals surface area contributed by atoms with Crippen LogP contribution in [0.15, 0.2) is 0 Å². The molecule has 100 valence electrons. The molecule has 1 fully saturated rings. The number of likely N-dealkylation sites (tertiary alicyclic amines) is 1. The molecule has 2 rings (SSSR count). The molecule has 1 aliphatic rings. The number of H-pyrrole nitrogens is 1. The zero-order valence-electron chi connectivity index (χ0n) is 11.2. The predicted molar refractivity (Wildman–Crippen MR) is 70.3 cm³/mol. The van der Waals surface area contributed by atoms with Gasteiger partial charge in [-0.1, -0.05) is 6.92 Å². The molecule has 0 bridgehead atoms. The van der Waals surface area contributed by atoms with E-state index in [0.717, 1.165) is 25.2 Å². The van der Waals surface area contributed by atoms with Crippen molar-refractivity contribution in [2.75, 3.05) is 25.9 Å². The third-order valence-electron chi connectivity index (χ3n) is 3.63. The van der Waals surface area contributed by atoms with Gasteiger partial charge in [-0.15, -0.1) is 0 Å². The number of anilines is 1. The maximum absolute atomic E-state index is 12.1. The minimum absolute atomic E-state index is 0.182. The highest BCUT2D eigenvalue weighted by Crippen LogP contribution is 2.17. The molecule has 2 unspecified atom stereocenters. The lowest BCUT2D eigenvalue weighted by molar-refractivity contribution is 0.0879. The van der Waals surface area contributed by atoms with Crippen LogP contribution in [-0.2, 0) is 0 Å². The highest BCUT2D eigenvalue weighted by Gasteiger charge is 2.27. The Bertz CT molecular complexity index is 442. The fourth-order valence-corrected chi connectivity index (χ4v) is 2.42. The number of hydrogen-bond acceptors (Lipinski definition) is 4. The lowest BCUT2D eigenvalue weighted by Gasteiger charge is -2.35. The summed E-state index contributed by atoms with van der Waals surface area (Å²) in [4.78, 5) is 14.4. The summed E-state index contributed by atoms with van der Waals surface area (Å²) in [6.45, 7) is 5.96. The van der Waals surface area contributed by atoms with Gasteiger partial charge in [-0.3, -0.25) is 9.89 Å². The van der Waals surface area contributed by atoms with E-state index in [9.17, 15) is 4.79 Å². The van der Waals surface area contributed by atoms with E-state index in [1.165, 1.54) is 0 Å². The number of hydrogen-bond donors (Lipinski definition) is 3. The zero-order valence-corrected chi connectivity index (χ0v) is 11.2. The number of nitrogens with one attached hydrogen (secondary N) is 2. The van der Waals surface area contributed by atoms with E-state index < -0.39 is 0 Å². The molecule has 4 N–H and O–H groups in total. The second-order valence-electron chi connectivity index (χ2n) is 5.22. The van der Waals surface area contributed by atoms with Crippen molar-refractivity contribution in [2.24, 2.45) is 5.92 Å². The van der Waals surface area contributed by atoms with Gasteiger partial charge in [-0.05, 0) is 32.9 Å². The number of piperidine rings is 1. The zero-order chi connectivity index (χ0) is 13.3. The molecule has 0 spiro atoms. The molecule has 1 aromatic heterocycles. The molecule has 1 amide bonds. The van der Waals surface area contributed by atoms with Gasteiger partial charge in [0.1, 0.15) is 0 Å². The third kappa shape index (κ3) is 2.48. The van der Waals surface area contributed by atoms with Crippen LogP contribution in [-0.4, -0.2) is 47.2 Å². The van der Waals surface area contributed by atoms with E-state index in [1.54, 1.807) is 6.92 Å². The van der Waals surface area contributed by atoms with Crippen LogP contribution >= 0.6 is 0 Å². The molecule has 6 nitrogen and oxygen atoms in total. The van der Waals surface area contributed by atoms with E-state index in [2.05, 4.69) is 34.4 Å². The molecular formula is C12H21N5O. The van der Waals surface area contributed by atoms with Gasteiger partial charge in [0, 0.05) is 12.6 Å². The maximum atomic E-state index is 12.1. The second-order valence-corrected chi connectivity index (χ2v) is 5.22. The van der Waals surface area contributed by atoms with E-state index in [-0.39, 0.29) is 11.9 Å². The summed E-state index contributed by atoms with van der Waals surface area (Å²) in [5, 5.41) is 9.71. The SMILES string of the molecule is Cc1[nH]nc(C(=O)NC2CCN(C)CC2C)c1N. The summed E-state index contributed by atoms with van der Waals surface area (Å²) in [6.07, 6.45) is 0.965. The van der Waals surface area contributed by atoms with Gasteiger partial charge in [0.25, 0.3) is 5.91 Å². The van der Waals surface area contributed by atoms with Gasteiger partial charge >= 0.3 is 0 Å². The van der Waals surface area contributed by atoms with Crippen molar-refractivity contribution in [2.45, 2.75) is 26.3 Å². The van der Waals surface area contributed by atoms with Crippen LogP contribution in [0.25, 0.3) is 0 Å². The molecule has 0 radical (unpaired) electrons. The number of carbonyl (C=O) groups excluding carboxylic acids is 1. The number of aromatic nitrogens is 2. The second kappa shape index (κ2) is 4.97. The minimum atomic E-state index is -0.182. The number of nitrogens with zero attached hydrogens (tertiary/aromatic N) is 2. The highest BCUT2D eigenvalue weighted by molar-refractivity contribution is 5.97. The van der Waals surface area contributed by atoms with Gasteiger partial charge in [-0.2, -0.15) is 5.10 Å². The molecule has 0 aromatic carbocycles. The summed E-state index contributed by atoms with van der Waals surface area (Å²) in [6, 6.07) is 0.199. The van der Waals surface area contributed by atoms with Crippen molar-refractivity contribution >= 4 is 11.6 Å². The fourth-order valence-electron chi connectivity index (χ4n) is 2.42. The number of rotatable bonds is 2. The lowest BCUT2D eigenvalue weighted by Crippen LogP contribution is -2.49. The van der Waals surface area contributed by atoms with Crippen LogP contribution in [0.2, 0.25) is 0 Å². The number of carbonyl (C=O) groups is 1. The first-order chi connectivity index (χ1) is 8.49. The Kier molecular flexibility index (Phi) is 3.56. The molecular weight excluding hydrogens is 230 g/mol. The standard InChI is InChI=1S/C12H21N5O/c1-7-6-17(3)5-4-9(7)14-12(18)11-10(13)8(2)15-16-11/h7,9H,4-6,13H2,1-3H3,(H,14,18)(H,15,16). The Morgan fingerprint density at radius 3 is 2.89 bits per heavy atom. The first-order valence-electron chi connectivity index (χ1n) is 6.29. The first kappa shape index (κ1) is 12.9. The van der Waals surface area contributed by atoms with E-state index in [1.807, 2.05) is 0 Å². The monoisotopic (exact) mass is 251 g/mol. The Labute approximate surface area is 107 Å². The van der Waals surface area contributed by atoms with Crippen LogP contribution in [0.1, 0.15) is 29.5 Å². The molecule has 18 heavy (non-hydrogen) atoms. The van der Waals surface area contributed by atoms with Crippen molar-refractivity contribution in [3.8, 4) is 0 Å². The highest BCUT2D eigenvalue weighted by atomic mass is 16.2. The molecule has 1 saturated heterocycles. The molecule has 0 saturated carbocycles. The van der Waals surface area contributed by atoms with Crippen LogP contribution in [0, 0.1) is 12.8 Å². The maximum Gasteiger partial charge on any atom is 0.274 e. The fraction of sp³-hybridized carbons (Fsp3) is 0.667. The van der Waals surface area contributed by atoms with Gasteiger partial charge in [-0.25, -0.2) is 0 Å². The molecule has 1 aliphatic heterocycles. The van der Waals surface area contributed by atoms with Gasteiger partial charge < -0.3 is 16.0 Å². The van der Waals surface area contributed by atoms with Crippen molar-refractivity contribution in [1.29, 1.82) is 0 Å². The summed E-state index contributed by atoms with van der Waals surface area (Å²) >= 11 is 0. The first-order valence-corrected chi connectivity index (χ1v) is 6.29. The summed E-state index contributed by atoms with van der Waals surface area (Å²) in [5.41, 5.74) is 7.28. The van der Waals surface area contributed by atoms with E-state index >= 15 is 0 Å². The smallest absolute Gasteiger partial charge is 0.274 e. The quantitative estimate of drug-likeness (QED) is 0.708. The van der Waals surface area contributed by atoms with E-state index in [0.29, 0.717) is 17.3 Å². The Balaban J connectivity index is 2.01. The molecule has 1 aromatic rings. The van der Waals surface area contributed by atoms with Gasteiger partial charge in [0.2, 0.25) is 0 Å². The van der Waals surface area contributed by atoms with Crippen molar-refractivity contribution in [1.82, 2.24) is 20.4 Å². The Hall–Kier alpha value is -1.56. The van der Waals surface area contributed by atoms with Crippen molar-refractivity contribution in [3.05, 3.63) is 11.4 Å². The summed E-state index contributed by atoms with van der Waals surface area (Å²) in [7, 11) is 2.10. The molecule has 2 heterocycles. The minimum Gasteiger partial charge on any atom is -0.395 e. The summed E-state index contributed by atoms with van der Waals surface area (Å²) in [5.74, 6) is 0.257. The van der Waals surface area contributed by atoms with Gasteiger partial charge in [0.15, 0.2) is 5.69 Å². The third-order valence-corrected chi connectivity index (χ3v) is 3.63. The topological polar surface area (TPSA) is 87.0 Å². The molecule has 6 heteroatoms. The van der Waals surface area contributed by atoms with Crippen LogP contribution in [0.3, 0.4) is 0 Å². The normalized spacial score (nSPS) is 25.1. The van der Waals surface area contributed by atoms with Crippen molar-refractivity contribution in [3.63, 3.8) is 0 Å². The van der Waals surface area contributed by atoms with E-state index in [4.69, 9.17) is 5.73 Å².